The summed E-state index contributed by atoms with van der Waals surface area (Å²) in [6.07, 6.45) is -0.101. The lowest BCUT2D eigenvalue weighted by Gasteiger charge is -2.07. The molecule has 3 nitrogen and oxygen atoms in total. The summed E-state index contributed by atoms with van der Waals surface area (Å²) in [4.78, 5) is 10.8. The van der Waals surface area contributed by atoms with Crippen molar-refractivity contribution < 1.29 is 9.53 Å². The van der Waals surface area contributed by atoms with Gasteiger partial charge >= 0.3 is 5.97 Å². The van der Waals surface area contributed by atoms with Crippen LogP contribution >= 0.6 is 0 Å². The van der Waals surface area contributed by atoms with Gasteiger partial charge in [-0.2, -0.15) is 0 Å². The molecule has 0 amide bonds. The fourth-order valence-electron chi connectivity index (χ4n) is 0.381. The molecule has 0 aliphatic rings. The first-order chi connectivity index (χ1) is 4.57. The largest absolute Gasteiger partial charge is 0.460 e. The molecule has 0 fully saturated rings. The molecular weight excluding hydrogens is 130 g/mol. The highest BCUT2D eigenvalue weighted by molar-refractivity contribution is 5.88. The van der Waals surface area contributed by atoms with Crippen LogP contribution in [0.2, 0.25) is 0 Å². The van der Waals surface area contributed by atoms with E-state index in [1.807, 2.05) is 0 Å². The van der Waals surface area contributed by atoms with Crippen LogP contribution in [0.15, 0.2) is 12.2 Å². The van der Waals surface area contributed by atoms with E-state index in [9.17, 15) is 4.79 Å². The Bertz CT molecular complexity index is 141. The molecule has 3 heteroatoms. The van der Waals surface area contributed by atoms with Gasteiger partial charge < -0.3 is 10.5 Å². The summed E-state index contributed by atoms with van der Waals surface area (Å²) in [6.45, 7) is 7.14. The summed E-state index contributed by atoms with van der Waals surface area (Å²) in [5, 5.41) is 0. The lowest BCUT2D eigenvalue weighted by molar-refractivity contribution is -0.142. The average molecular weight is 143 g/mol. The normalized spacial score (nSPS) is 9.60. The van der Waals surface area contributed by atoms with Gasteiger partial charge in [-0.05, 0) is 13.8 Å². The first kappa shape index (κ1) is 9.17. The maximum atomic E-state index is 10.8. The van der Waals surface area contributed by atoms with Gasteiger partial charge in [-0.1, -0.05) is 6.58 Å². The monoisotopic (exact) mass is 143 g/mol. The Labute approximate surface area is 60.9 Å². The zero-order chi connectivity index (χ0) is 8.15. The van der Waals surface area contributed by atoms with Gasteiger partial charge in [-0.25, -0.2) is 4.79 Å². The van der Waals surface area contributed by atoms with Crippen LogP contribution in [0.4, 0.5) is 0 Å². The van der Waals surface area contributed by atoms with E-state index < -0.39 is 5.97 Å². The Hall–Kier alpha value is -0.830. The van der Waals surface area contributed by atoms with Crippen LogP contribution in [0.1, 0.15) is 13.8 Å². The number of hydrogen-bond acceptors (Lipinski definition) is 3. The molecule has 0 bridgehead atoms. The second-order valence-electron chi connectivity index (χ2n) is 2.26. The van der Waals surface area contributed by atoms with Crippen molar-refractivity contribution in [3.63, 3.8) is 0 Å². The Morgan fingerprint density at radius 1 is 1.70 bits per heavy atom. The predicted molar refractivity (Wildman–Crippen MR) is 39.4 cm³/mol. The molecule has 0 aliphatic heterocycles. The highest BCUT2D eigenvalue weighted by atomic mass is 16.5. The van der Waals surface area contributed by atoms with Crippen LogP contribution in [0.25, 0.3) is 0 Å². The summed E-state index contributed by atoms with van der Waals surface area (Å²) in [7, 11) is 0. The number of ether oxygens (including phenoxy) is 1. The first-order valence-corrected chi connectivity index (χ1v) is 3.16. The molecule has 58 valence electrons. The molecule has 10 heavy (non-hydrogen) atoms. The topological polar surface area (TPSA) is 52.3 Å². The van der Waals surface area contributed by atoms with E-state index in [1.54, 1.807) is 13.8 Å². The van der Waals surface area contributed by atoms with Crippen molar-refractivity contribution in [1.29, 1.82) is 0 Å². The van der Waals surface area contributed by atoms with E-state index in [0.717, 1.165) is 0 Å². The molecule has 0 rings (SSSR count). The van der Waals surface area contributed by atoms with Crippen molar-refractivity contribution in [3.05, 3.63) is 12.2 Å². The minimum absolute atomic E-state index is 0.101. The third-order valence-corrected chi connectivity index (χ3v) is 0.878. The van der Waals surface area contributed by atoms with Gasteiger partial charge in [-0.3, -0.25) is 0 Å². The van der Waals surface area contributed by atoms with Crippen molar-refractivity contribution >= 4 is 5.97 Å². The molecule has 2 N–H and O–H groups in total. The van der Waals surface area contributed by atoms with E-state index in [4.69, 9.17) is 10.5 Å². The highest BCUT2D eigenvalue weighted by Gasteiger charge is 2.07. The maximum absolute atomic E-state index is 10.8. The average Bonchev–Trinajstić information content (AvgIpc) is 1.85. The van der Waals surface area contributed by atoms with Gasteiger partial charge in [0.15, 0.2) is 0 Å². The number of esters is 1. The predicted octanol–water partition coefficient (Wildman–Crippen LogP) is 0.453. The molecule has 0 radical (unpaired) electrons. The van der Waals surface area contributed by atoms with Gasteiger partial charge in [0.05, 0.1) is 6.10 Å². The Morgan fingerprint density at radius 3 is 2.50 bits per heavy atom. The third-order valence-electron chi connectivity index (χ3n) is 0.878. The molecule has 0 heterocycles. The van der Waals surface area contributed by atoms with Crippen molar-refractivity contribution in [2.24, 2.45) is 5.73 Å². The van der Waals surface area contributed by atoms with Crippen LogP contribution in [0, 0.1) is 0 Å². The van der Waals surface area contributed by atoms with Crippen LogP contribution in [0.3, 0.4) is 0 Å². The summed E-state index contributed by atoms with van der Waals surface area (Å²) in [5.41, 5.74) is 5.46. The first-order valence-electron chi connectivity index (χ1n) is 3.16. The van der Waals surface area contributed by atoms with Gasteiger partial charge in [0, 0.05) is 12.1 Å². The lowest BCUT2D eigenvalue weighted by Crippen LogP contribution is -2.18. The molecule has 0 saturated carbocycles. The molecule has 0 aliphatic carbocycles. The number of rotatable bonds is 3. The third kappa shape index (κ3) is 3.25. The maximum Gasteiger partial charge on any atom is 0.334 e. The molecule has 0 aromatic rings. The summed E-state index contributed by atoms with van der Waals surface area (Å²) >= 11 is 0. The molecule has 0 atom stereocenters. The molecular formula is C7H13NO2. The van der Waals surface area contributed by atoms with E-state index in [-0.39, 0.29) is 12.6 Å². The fourth-order valence-corrected chi connectivity index (χ4v) is 0.381. The quantitative estimate of drug-likeness (QED) is 0.461. The fraction of sp³-hybridized carbons (Fsp3) is 0.571. The molecule has 0 saturated heterocycles. The summed E-state index contributed by atoms with van der Waals surface area (Å²) in [5.74, 6) is -0.405. The van der Waals surface area contributed by atoms with Crippen molar-refractivity contribution in [3.8, 4) is 0 Å². The molecule has 0 spiro atoms. The van der Waals surface area contributed by atoms with Crippen LogP contribution < -0.4 is 5.73 Å². The molecule has 0 unspecified atom stereocenters. The van der Waals surface area contributed by atoms with E-state index in [2.05, 4.69) is 6.58 Å². The van der Waals surface area contributed by atoms with Crippen molar-refractivity contribution in [1.82, 2.24) is 0 Å². The molecule has 0 aromatic carbocycles. The van der Waals surface area contributed by atoms with Crippen LogP contribution in [-0.2, 0) is 9.53 Å². The van der Waals surface area contributed by atoms with Gasteiger partial charge in [0.2, 0.25) is 0 Å². The van der Waals surface area contributed by atoms with Gasteiger partial charge in [-0.15, -0.1) is 0 Å². The Morgan fingerprint density at radius 2 is 2.20 bits per heavy atom. The minimum Gasteiger partial charge on any atom is -0.460 e. The number of carbonyl (C=O) groups is 1. The standard InChI is InChI=1S/C7H13NO2/c1-5(2)10-7(9)6(3)4-8/h5H,3-4,8H2,1-2H3. The van der Waals surface area contributed by atoms with E-state index in [0.29, 0.717) is 5.57 Å². The smallest absolute Gasteiger partial charge is 0.334 e. The minimum atomic E-state index is -0.405. The number of nitrogens with two attached hydrogens (primary N) is 1. The summed E-state index contributed by atoms with van der Waals surface area (Å²) in [6, 6.07) is 0. The zero-order valence-electron chi connectivity index (χ0n) is 6.39. The van der Waals surface area contributed by atoms with Crippen LogP contribution in [-0.4, -0.2) is 18.6 Å². The van der Waals surface area contributed by atoms with E-state index in [1.165, 1.54) is 0 Å². The van der Waals surface area contributed by atoms with Gasteiger partial charge in [0.1, 0.15) is 0 Å². The number of carbonyl (C=O) groups excluding carboxylic acids is 1. The Kier molecular flexibility index (Phi) is 3.72. The van der Waals surface area contributed by atoms with Gasteiger partial charge in [0.25, 0.3) is 0 Å². The zero-order valence-corrected chi connectivity index (χ0v) is 6.39. The molecule has 0 aromatic heterocycles. The lowest BCUT2D eigenvalue weighted by atomic mass is 10.3. The van der Waals surface area contributed by atoms with E-state index >= 15 is 0 Å². The summed E-state index contributed by atoms with van der Waals surface area (Å²) < 4.78 is 4.78. The van der Waals surface area contributed by atoms with Crippen molar-refractivity contribution in [2.75, 3.05) is 6.54 Å². The Balaban J connectivity index is 3.74. The SMILES string of the molecule is C=C(CN)C(=O)OC(C)C. The second-order valence-corrected chi connectivity index (χ2v) is 2.26. The second kappa shape index (κ2) is 4.06. The van der Waals surface area contributed by atoms with Crippen LogP contribution in [0.5, 0.6) is 0 Å². The van der Waals surface area contributed by atoms with Crippen molar-refractivity contribution in [2.45, 2.75) is 20.0 Å². The number of hydrogen-bond donors (Lipinski definition) is 1. The highest BCUT2D eigenvalue weighted by Crippen LogP contribution is 1.95.